The predicted molar refractivity (Wildman–Crippen MR) is 98.5 cm³/mol. The number of carbonyl (C=O) groups excluding carboxylic acids is 1. The minimum atomic E-state index is -3.76. The molecule has 24 heavy (non-hydrogen) atoms. The van der Waals surface area contributed by atoms with Gasteiger partial charge in [-0.15, -0.1) is 0 Å². The first-order chi connectivity index (χ1) is 11.2. The van der Waals surface area contributed by atoms with Crippen molar-refractivity contribution in [1.29, 1.82) is 0 Å². The molecule has 1 atom stereocenters. The summed E-state index contributed by atoms with van der Waals surface area (Å²) < 4.78 is 32.0. The predicted octanol–water partition coefficient (Wildman–Crippen LogP) is 3.57. The van der Waals surface area contributed by atoms with Gasteiger partial charge in [0.05, 0.1) is 11.5 Å². The van der Waals surface area contributed by atoms with E-state index in [9.17, 15) is 13.2 Å². The molecule has 1 aromatic rings. The largest absolute Gasteiger partial charge is 0.465 e. The number of hydrogen-bond donors (Lipinski definition) is 0. The summed E-state index contributed by atoms with van der Waals surface area (Å²) >= 11 is 3.33. The van der Waals surface area contributed by atoms with Gasteiger partial charge in [-0.05, 0) is 36.5 Å². The molecule has 0 aliphatic heterocycles. The number of esters is 1. The Bertz CT molecular complexity index is 628. The van der Waals surface area contributed by atoms with Crippen molar-refractivity contribution in [3.05, 3.63) is 29.8 Å². The van der Waals surface area contributed by atoms with E-state index in [1.165, 1.54) is 7.05 Å². The smallest absolute Gasteiger partial charge is 0.324 e. The second-order valence-electron chi connectivity index (χ2n) is 6.11. The fourth-order valence-corrected chi connectivity index (χ4v) is 3.92. The van der Waals surface area contributed by atoms with Crippen molar-refractivity contribution in [2.24, 2.45) is 5.92 Å². The first kappa shape index (κ1) is 21.1. The summed E-state index contributed by atoms with van der Waals surface area (Å²) in [5.41, 5.74) is 0.984. The summed E-state index contributed by atoms with van der Waals surface area (Å²) in [5, 5.41) is 0.655. The van der Waals surface area contributed by atoms with Gasteiger partial charge >= 0.3 is 5.97 Å². The minimum Gasteiger partial charge on any atom is -0.465 e. The second kappa shape index (κ2) is 9.53. The number of ether oxygens (including phenoxy) is 1. The van der Waals surface area contributed by atoms with Gasteiger partial charge in [0.25, 0.3) is 0 Å². The quantitative estimate of drug-likeness (QED) is 0.453. The zero-order valence-electron chi connectivity index (χ0n) is 14.7. The van der Waals surface area contributed by atoms with Crippen LogP contribution in [-0.4, -0.2) is 38.4 Å². The van der Waals surface area contributed by atoms with Gasteiger partial charge in [0, 0.05) is 12.4 Å². The van der Waals surface area contributed by atoms with Crippen molar-refractivity contribution in [1.82, 2.24) is 4.31 Å². The third-order valence-corrected chi connectivity index (χ3v) is 6.14. The number of sulfonamides is 1. The van der Waals surface area contributed by atoms with E-state index in [1.807, 2.05) is 20.8 Å². The molecule has 0 aromatic heterocycles. The number of carbonyl (C=O) groups is 1. The molecule has 0 saturated carbocycles. The Morgan fingerprint density at radius 1 is 1.25 bits per heavy atom. The maximum atomic E-state index is 12.8. The number of hydrogen-bond acceptors (Lipinski definition) is 4. The molecule has 0 amide bonds. The van der Waals surface area contributed by atoms with Gasteiger partial charge in [-0.25, -0.2) is 8.42 Å². The molecular formula is C17H26BrNO4S. The van der Waals surface area contributed by atoms with Gasteiger partial charge in [0.15, 0.2) is 0 Å². The van der Waals surface area contributed by atoms with Crippen LogP contribution in [0.1, 0.15) is 39.2 Å². The molecule has 0 unspecified atom stereocenters. The molecule has 0 aliphatic carbocycles. The van der Waals surface area contributed by atoms with Crippen molar-refractivity contribution in [2.45, 2.75) is 49.9 Å². The number of likely N-dealkylation sites (N-methyl/N-ethyl adjacent to an activating group) is 1. The molecule has 0 spiro atoms. The standard InChI is InChI=1S/C17H26BrNO4S/c1-5-10-23-17(20)16(11-13(2)3)19(4)24(21,22)15-8-6-14(12-18)7-9-15/h6-9,13,16H,5,10-12H2,1-4H3/t16-/m0/s1. The van der Waals surface area contributed by atoms with Crippen molar-refractivity contribution >= 4 is 31.9 Å². The molecule has 1 aromatic carbocycles. The van der Waals surface area contributed by atoms with E-state index in [-0.39, 0.29) is 10.8 Å². The van der Waals surface area contributed by atoms with Crippen LogP contribution in [0.3, 0.4) is 0 Å². The molecular weight excluding hydrogens is 394 g/mol. The van der Waals surface area contributed by atoms with Gasteiger partial charge in [-0.3, -0.25) is 4.79 Å². The topological polar surface area (TPSA) is 63.7 Å². The second-order valence-corrected chi connectivity index (χ2v) is 8.67. The van der Waals surface area contributed by atoms with Crippen molar-refractivity contribution < 1.29 is 17.9 Å². The zero-order valence-corrected chi connectivity index (χ0v) is 17.1. The van der Waals surface area contributed by atoms with Crippen molar-refractivity contribution in [3.63, 3.8) is 0 Å². The lowest BCUT2D eigenvalue weighted by atomic mass is 10.0. The summed E-state index contributed by atoms with van der Waals surface area (Å²) in [7, 11) is -2.32. The number of rotatable bonds is 9. The summed E-state index contributed by atoms with van der Waals surface area (Å²) in [6.45, 7) is 6.09. The summed E-state index contributed by atoms with van der Waals surface area (Å²) in [5.74, 6) is -0.327. The molecule has 5 nitrogen and oxygen atoms in total. The average Bonchev–Trinajstić information content (AvgIpc) is 2.56. The van der Waals surface area contributed by atoms with Crippen molar-refractivity contribution in [3.8, 4) is 0 Å². The highest BCUT2D eigenvalue weighted by atomic mass is 79.9. The van der Waals surface area contributed by atoms with Gasteiger partial charge in [-0.2, -0.15) is 4.31 Å². The lowest BCUT2D eigenvalue weighted by Crippen LogP contribution is -2.44. The molecule has 0 bridgehead atoms. The first-order valence-corrected chi connectivity index (χ1v) is 10.6. The normalized spacial score (nSPS) is 13.3. The van der Waals surface area contributed by atoms with Gasteiger partial charge in [0.2, 0.25) is 10.0 Å². The Balaban J connectivity index is 3.09. The van der Waals surface area contributed by atoms with Crippen LogP contribution in [0.4, 0.5) is 0 Å². The van der Waals surface area contributed by atoms with Crippen LogP contribution in [0.5, 0.6) is 0 Å². The van der Waals surface area contributed by atoms with Crippen LogP contribution in [0.25, 0.3) is 0 Å². The van der Waals surface area contributed by atoms with Gasteiger partial charge in [-0.1, -0.05) is 48.8 Å². The van der Waals surface area contributed by atoms with Crippen LogP contribution in [0.15, 0.2) is 29.2 Å². The Hall–Kier alpha value is -0.920. The maximum absolute atomic E-state index is 12.8. The lowest BCUT2D eigenvalue weighted by molar-refractivity contribution is -0.148. The molecule has 0 N–H and O–H groups in total. The Morgan fingerprint density at radius 3 is 2.29 bits per heavy atom. The molecule has 0 fully saturated rings. The number of benzene rings is 1. The van der Waals surface area contributed by atoms with Crippen LogP contribution < -0.4 is 0 Å². The number of alkyl halides is 1. The third kappa shape index (κ3) is 5.57. The highest BCUT2D eigenvalue weighted by molar-refractivity contribution is 9.08. The van der Waals surface area contributed by atoms with E-state index < -0.39 is 22.0 Å². The van der Waals surface area contributed by atoms with Gasteiger partial charge in [0.1, 0.15) is 6.04 Å². The van der Waals surface area contributed by atoms with Crippen LogP contribution in [-0.2, 0) is 24.9 Å². The molecule has 136 valence electrons. The minimum absolute atomic E-state index is 0.164. The molecule has 1 rings (SSSR count). The highest BCUT2D eigenvalue weighted by Crippen LogP contribution is 2.22. The van der Waals surface area contributed by atoms with Gasteiger partial charge < -0.3 is 4.74 Å². The highest BCUT2D eigenvalue weighted by Gasteiger charge is 2.34. The SMILES string of the molecule is CCCOC(=O)[C@H](CC(C)C)N(C)S(=O)(=O)c1ccc(CBr)cc1. The van der Waals surface area contributed by atoms with Crippen molar-refractivity contribution in [2.75, 3.05) is 13.7 Å². The van der Waals surface area contributed by atoms with Crippen LogP contribution in [0.2, 0.25) is 0 Å². The monoisotopic (exact) mass is 419 g/mol. The summed E-state index contributed by atoms with van der Waals surface area (Å²) in [4.78, 5) is 12.5. The number of halogens is 1. The molecule has 7 heteroatoms. The van der Waals surface area contributed by atoms with E-state index in [1.54, 1.807) is 24.3 Å². The molecule has 0 saturated heterocycles. The van der Waals surface area contributed by atoms with E-state index in [0.717, 1.165) is 9.87 Å². The Labute approximate surface area is 153 Å². The summed E-state index contributed by atoms with van der Waals surface area (Å²) in [6, 6.07) is 5.81. The fourth-order valence-electron chi connectivity index (χ4n) is 2.22. The van der Waals surface area contributed by atoms with E-state index in [4.69, 9.17) is 4.74 Å². The Morgan fingerprint density at radius 2 is 1.83 bits per heavy atom. The van der Waals surface area contributed by atoms with E-state index in [2.05, 4.69) is 15.9 Å². The van der Waals surface area contributed by atoms with Crippen LogP contribution >= 0.6 is 15.9 Å². The molecule has 0 heterocycles. The summed E-state index contributed by atoms with van der Waals surface area (Å²) in [6.07, 6.45) is 1.11. The first-order valence-electron chi connectivity index (χ1n) is 8.03. The van der Waals surface area contributed by atoms with Crippen LogP contribution in [0, 0.1) is 5.92 Å². The molecule has 0 radical (unpaired) electrons. The average molecular weight is 420 g/mol. The van der Waals surface area contributed by atoms with E-state index in [0.29, 0.717) is 24.8 Å². The third-order valence-electron chi connectivity index (χ3n) is 3.61. The molecule has 0 aliphatic rings. The lowest BCUT2D eigenvalue weighted by Gasteiger charge is -2.27. The van der Waals surface area contributed by atoms with E-state index >= 15 is 0 Å². The Kier molecular flexibility index (Phi) is 8.39. The number of nitrogens with zero attached hydrogens (tertiary/aromatic N) is 1. The maximum Gasteiger partial charge on any atom is 0.324 e. The fraction of sp³-hybridized carbons (Fsp3) is 0.588. The zero-order chi connectivity index (χ0) is 18.3.